The van der Waals surface area contributed by atoms with Gasteiger partial charge in [-0.15, -0.1) is 0 Å². The largest absolute Gasteiger partial charge is 0.497 e. The number of hydrogen-bond donors (Lipinski definition) is 1. The Morgan fingerprint density at radius 3 is 2.41 bits per heavy atom. The number of methoxy groups -OCH3 is 1. The number of carbonyl (C=O) groups is 1. The fourth-order valence-electron chi connectivity index (χ4n) is 5.50. The maximum atomic E-state index is 13.8. The van der Waals surface area contributed by atoms with Gasteiger partial charge in [0.2, 0.25) is 5.91 Å². The van der Waals surface area contributed by atoms with Crippen molar-refractivity contribution >= 4 is 5.91 Å². The molecule has 182 valence electrons. The van der Waals surface area contributed by atoms with Crippen molar-refractivity contribution in [2.24, 2.45) is 0 Å². The van der Waals surface area contributed by atoms with Gasteiger partial charge in [0.1, 0.15) is 19.0 Å². The molecule has 0 radical (unpaired) electrons. The van der Waals surface area contributed by atoms with Crippen LogP contribution in [0.4, 0.5) is 0 Å². The quantitative estimate of drug-likeness (QED) is 0.674. The molecule has 3 aliphatic rings. The summed E-state index contributed by atoms with van der Waals surface area (Å²) >= 11 is 0. The molecule has 2 aromatic carbocycles. The number of amides is 1. The molecule has 2 aromatic rings. The predicted octanol–water partition coefficient (Wildman–Crippen LogP) is 3.47. The van der Waals surface area contributed by atoms with Gasteiger partial charge >= 0.3 is 0 Å². The first-order chi connectivity index (χ1) is 16.7. The molecule has 1 amide bonds. The summed E-state index contributed by atoms with van der Waals surface area (Å²) in [7, 11) is 1.67. The third-order valence-electron chi connectivity index (χ3n) is 7.43. The molecule has 0 spiro atoms. The Morgan fingerprint density at radius 2 is 1.71 bits per heavy atom. The van der Waals surface area contributed by atoms with E-state index in [-0.39, 0.29) is 11.9 Å². The summed E-state index contributed by atoms with van der Waals surface area (Å²) in [5, 5.41) is 3.34. The normalized spacial score (nSPS) is 20.5. The van der Waals surface area contributed by atoms with Crippen LogP contribution in [0.3, 0.4) is 0 Å². The minimum atomic E-state index is -0.523. The first-order valence-electron chi connectivity index (χ1n) is 12.3. The maximum Gasteiger partial charge on any atom is 0.230 e. The van der Waals surface area contributed by atoms with E-state index in [2.05, 4.69) is 22.3 Å². The molecule has 2 heterocycles. The number of ether oxygens (including phenoxy) is 4. The van der Waals surface area contributed by atoms with Crippen molar-refractivity contribution in [2.45, 2.75) is 37.1 Å². The highest BCUT2D eigenvalue weighted by Crippen LogP contribution is 2.44. The second-order valence-corrected chi connectivity index (χ2v) is 9.29. The lowest BCUT2D eigenvalue weighted by Crippen LogP contribution is -2.48. The number of nitrogens with one attached hydrogen (secondary N) is 1. The number of benzene rings is 2. The van der Waals surface area contributed by atoms with E-state index in [0.29, 0.717) is 33.0 Å². The highest BCUT2D eigenvalue weighted by molar-refractivity contribution is 5.89. The third kappa shape index (κ3) is 4.59. The summed E-state index contributed by atoms with van der Waals surface area (Å²) in [6, 6.07) is 14.2. The molecule has 5 rings (SSSR count). The predicted molar refractivity (Wildman–Crippen MR) is 129 cm³/mol. The molecule has 7 heteroatoms. The van der Waals surface area contributed by atoms with Gasteiger partial charge in [-0.05, 0) is 48.2 Å². The molecule has 0 aromatic heterocycles. The SMILES string of the molecule is COc1ccc(C(CNC(=O)C2(c3ccc4c(c3)OCCO4)CCCC2)N2CCOCC2)cc1. The number of hydrogen-bond acceptors (Lipinski definition) is 6. The van der Waals surface area contributed by atoms with E-state index in [1.54, 1.807) is 7.11 Å². The second kappa shape index (κ2) is 10.2. The van der Waals surface area contributed by atoms with Gasteiger partial charge in [-0.2, -0.15) is 0 Å². The first-order valence-corrected chi connectivity index (χ1v) is 12.3. The van der Waals surface area contributed by atoms with Crippen molar-refractivity contribution < 1.29 is 23.7 Å². The summed E-state index contributed by atoms with van der Waals surface area (Å²) in [6.07, 6.45) is 3.80. The highest BCUT2D eigenvalue weighted by Gasteiger charge is 2.43. The molecule has 2 aliphatic heterocycles. The minimum Gasteiger partial charge on any atom is -0.497 e. The summed E-state index contributed by atoms with van der Waals surface area (Å²) in [4.78, 5) is 16.2. The molecule has 0 bridgehead atoms. The zero-order valence-corrected chi connectivity index (χ0v) is 19.9. The number of carbonyl (C=O) groups excluding carboxylic acids is 1. The van der Waals surface area contributed by atoms with Crippen molar-refractivity contribution in [1.29, 1.82) is 0 Å². The van der Waals surface area contributed by atoms with Crippen LogP contribution >= 0.6 is 0 Å². The van der Waals surface area contributed by atoms with Gasteiger partial charge in [0.25, 0.3) is 0 Å². The Kier molecular flexibility index (Phi) is 6.92. The molecule has 1 unspecified atom stereocenters. The molecular weight excluding hydrogens is 432 g/mol. The van der Waals surface area contributed by atoms with Gasteiger partial charge in [-0.3, -0.25) is 9.69 Å². The molecule has 7 nitrogen and oxygen atoms in total. The Balaban J connectivity index is 1.36. The Labute approximate surface area is 201 Å². The van der Waals surface area contributed by atoms with E-state index in [0.717, 1.165) is 61.6 Å². The van der Waals surface area contributed by atoms with Crippen LogP contribution in [0.15, 0.2) is 42.5 Å². The Morgan fingerprint density at radius 1 is 1.00 bits per heavy atom. The van der Waals surface area contributed by atoms with E-state index >= 15 is 0 Å². The Bertz CT molecular complexity index is 981. The van der Waals surface area contributed by atoms with Gasteiger partial charge in [-0.1, -0.05) is 31.0 Å². The van der Waals surface area contributed by atoms with Crippen molar-refractivity contribution in [1.82, 2.24) is 10.2 Å². The van der Waals surface area contributed by atoms with Crippen molar-refractivity contribution in [3.05, 3.63) is 53.6 Å². The smallest absolute Gasteiger partial charge is 0.230 e. The van der Waals surface area contributed by atoms with Crippen LogP contribution in [0.5, 0.6) is 17.2 Å². The molecule has 2 fully saturated rings. The van der Waals surface area contributed by atoms with E-state index in [1.165, 1.54) is 5.56 Å². The minimum absolute atomic E-state index is 0.0810. The van der Waals surface area contributed by atoms with E-state index in [4.69, 9.17) is 18.9 Å². The van der Waals surface area contributed by atoms with Crippen LogP contribution in [0.25, 0.3) is 0 Å². The summed E-state index contributed by atoms with van der Waals surface area (Å²) in [6.45, 7) is 4.77. The topological polar surface area (TPSA) is 69.3 Å². The standard InChI is InChI=1S/C27H34N2O5/c1-31-22-7-4-20(5-8-22)23(29-12-14-32-15-13-29)19-28-26(30)27(10-2-3-11-27)21-6-9-24-25(18-21)34-17-16-33-24/h4-9,18,23H,2-3,10-17,19H2,1H3,(H,28,30). The second-order valence-electron chi connectivity index (χ2n) is 9.29. The van der Waals surface area contributed by atoms with Crippen molar-refractivity contribution in [2.75, 3.05) is 53.2 Å². The van der Waals surface area contributed by atoms with Crippen LogP contribution in [-0.4, -0.2) is 64.0 Å². The van der Waals surface area contributed by atoms with Gasteiger partial charge < -0.3 is 24.3 Å². The molecule has 1 saturated heterocycles. The molecule has 1 N–H and O–H groups in total. The fourth-order valence-corrected chi connectivity index (χ4v) is 5.50. The number of rotatable bonds is 7. The van der Waals surface area contributed by atoms with Crippen LogP contribution in [0.1, 0.15) is 42.9 Å². The van der Waals surface area contributed by atoms with Gasteiger partial charge in [0, 0.05) is 19.6 Å². The molecular formula is C27H34N2O5. The van der Waals surface area contributed by atoms with Crippen molar-refractivity contribution in [3.8, 4) is 17.2 Å². The van der Waals surface area contributed by atoms with Crippen LogP contribution in [0, 0.1) is 0 Å². The fraction of sp³-hybridized carbons (Fsp3) is 0.519. The highest BCUT2D eigenvalue weighted by atomic mass is 16.6. The van der Waals surface area contributed by atoms with E-state index in [1.807, 2.05) is 30.3 Å². The lowest BCUT2D eigenvalue weighted by atomic mass is 9.77. The first kappa shape index (κ1) is 23.0. The maximum absolute atomic E-state index is 13.8. The zero-order chi connectivity index (χ0) is 23.4. The number of morpholine rings is 1. The zero-order valence-electron chi connectivity index (χ0n) is 19.9. The van der Waals surface area contributed by atoms with Crippen LogP contribution < -0.4 is 19.5 Å². The third-order valence-corrected chi connectivity index (χ3v) is 7.43. The van der Waals surface area contributed by atoms with E-state index < -0.39 is 5.41 Å². The molecule has 1 atom stereocenters. The summed E-state index contributed by atoms with van der Waals surface area (Å²) in [5.74, 6) is 2.44. The van der Waals surface area contributed by atoms with Gasteiger partial charge in [-0.25, -0.2) is 0 Å². The monoisotopic (exact) mass is 466 g/mol. The molecule has 34 heavy (non-hydrogen) atoms. The number of fused-ring (bicyclic) bond motifs is 1. The van der Waals surface area contributed by atoms with Crippen LogP contribution in [-0.2, 0) is 14.9 Å². The average molecular weight is 467 g/mol. The molecule has 1 saturated carbocycles. The average Bonchev–Trinajstić information content (AvgIpc) is 3.41. The van der Waals surface area contributed by atoms with Gasteiger partial charge in [0.05, 0.1) is 31.8 Å². The van der Waals surface area contributed by atoms with Gasteiger partial charge in [0.15, 0.2) is 11.5 Å². The molecule has 1 aliphatic carbocycles. The lowest BCUT2D eigenvalue weighted by molar-refractivity contribution is -0.127. The number of nitrogens with zero attached hydrogens (tertiary/aromatic N) is 1. The van der Waals surface area contributed by atoms with Crippen molar-refractivity contribution in [3.63, 3.8) is 0 Å². The summed E-state index contributed by atoms with van der Waals surface area (Å²) < 4.78 is 22.4. The van der Waals surface area contributed by atoms with Crippen LogP contribution in [0.2, 0.25) is 0 Å². The lowest BCUT2D eigenvalue weighted by Gasteiger charge is -2.36. The summed E-state index contributed by atoms with van der Waals surface area (Å²) in [5.41, 5.74) is 1.67. The van der Waals surface area contributed by atoms with E-state index in [9.17, 15) is 4.79 Å². The Hall–Kier alpha value is -2.77.